The summed E-state index contributed by atoms with van der Waals surface area (Å²) in [6.45, 7) is 2.46. The first-order chi connectivity index (χ1) is 12.2. The molecule has 0 saturated heterocycles. The van der Waals surface area contributed by atoms with E-state index in [-0.39, 0.29) is 12.4 Å². The third kappa shape index (κ3) is 3.16. The SMILES string of the molecule is CCOC(=O)CCn1c(-c2ccccc2)c(C#N)c2[nH]cnc(=S)c21. The smallest absolute Gasteiger partial charge is 0.307 e. The number of nitrogens with zero attached hydrogens (tertiary/aromatic N) is 3. The van der Waals surface area contributed by atoms with E-state index < -0.39 is 0 Å². The number of nitriles is 1. The van der Waals surface area contributed by atoms with Gasteiger partial charge in [0.1, 0.15) is 17.1 Å². The van der Waals surface area contributed by atoms with Gasteiger partial charge in [-0.2, -0.15) is 5.26 Å². The molecule has 0 atom stereocenters. The molecule has 126 valence electrons. The molecule has 2 aromatic heterocycles. The molecule has 0 aliphatic rings. The molecule has 1 aromatic carbocycles. The zero-order valence-corrected chi connectivity index (χ0v) is 14.5. The molecule has 6 nitrogen and oxygen atoms in total. The third-order valence-corrected chi connectivity index (χ3v) is 4.16. The molecule has 0 bridgehead atoms. The van der Waals surface area contributed by atoms with Crippen molar-refractivity contribution < 1.29 is 9.53 Å². The number of carbonyl (C=O) groups is 1. The van der Waals surface area contributed by atoms with Gasteiger partial charge in [-0.1, -0.05) is 42.5 Å². The molecule has 0 aliphatic carbocycles. The van der Waals surface area contributed by atoms with Gasteiger partial charge in [0.15, 0.2) is 4.64 Å². The summed E-state index contributed by atoms with van der Waals surface area (Å²) in [5.41, 5.74) is 3.36. The number of hydrogen-bond donors (Lipinski definition) is 1. The maximum absolute atomic E-state index is 11.8. The van der Waals surface area contributed by atoms with Crippen LogP contribution in [0.3, 0.4) is 0 Å². The van der Waals surface area contributed by atoms with Crippen LogP contribution in [0.2, 0.25) is 0 Å². The Hall–Kier alpha value is -2.98. The Morgan fingerprint density at radius 1 is 1.40 bits per heavy atom. The number of ether oxygens (including phenoxy) is 1. The number of benzene rings is 1. The second-order valence-electron chi connectivity index (χ2n) is 5.34. The molecule has 0 unspecified atom stereocenters. The second-order valence-corrected chi connectivity index (χ2v) is 5.73. The molecule has 0 amide bonds. The van der Waals surface area contributed by atoms with Crippen LogP contribution in [0.5, 0.6) is 0 Å². The van der Waals surface area contributed by atoms with Gasteiger partial charge in [0.05, 0.1) is 30.6 Å². The Morgan fingerprint density at radius 2 is 2.16 bits per heavy atom. The molecule has 7 heteroatoms. The van der Waals surface area contributed by atoms with Crippen LogP contribution in [0.4, 0.5) is 0 Å². The van der Waals surface area contributed by atoms with Gasteiger partial charge in [-0.05, 0) is 12.5 Å². The normalized spacial score (nSPS) is 10.6. The molecule has 3 aromatic rings. The van der Waals surface area contributed by atoms with Crippen LogP contribution in [0.15, 0.2) is 36.7 Å². The van der Waals surface area contributed by atoms with Gasteiger partial charge >= 0.3 is 5.97 Å². The van der Waals surface area contributed by atoms with E-state index in [9.17, 15) is 10.1 Å². The summed E-state index contributed by atoms with van der Waals surface area (Å²) in [7, 11) is 0. The Kier molecular flexibility index (Phi) is 4.91. The largest absolute Gasteiger partial charge is 0.466 e. The number of rotatable bonds is 5. The number of aromatic nitrogens is 3. The van der Waals surface area contributed by atoms with E-state index in [0.717, 1.165) is 11.3 Å². The number of aryl methyl sites for hydroxylation is 1. The quantitative estimate of drug-likeness (QED) is 0.560. The van der Waals surface area contributed by atoms with Crippen molar-refractivity contribution in [2.24, 2.45) is 0 Å². The Morgan fingerprint density at radius 3 is 2.84 bits per heavy atom. The number of aromatic amines is 1. The van der Waals surface area contributed by atoms with Crippen molar-refractivity contribution in [1.29, 1.82) is 5.26 Å². The monoisotopic (exact) mass is 352 g/mol. The van der Waals surface area contributed by atoms with Gasteiger partial charge in [-0.3, -0.25) is 4.79 Å². The standard InChI is InChI=1S/C18H16N4O2S/c1-2-24-14(23)8-9-22-16(12-6-4-3-5-7-12)13(10-19)15-17(22)18(25)21-11-20-15/h3-7,11H,2,8-9H2,1H3,(H,20,21,25). The molecule has 1 N–H and O–H groups in total. The van der Waals surface area contributed by atoms with E-state index in [0.29, 0.717) is 34.4 Å². The summed E-state index contributed by atoms with van der Waals surface area (Å²) in [6, 6.07) is 11.8. The highest BCUT2D eigenvalue weighted by atomic mass is 32.1. The van der Waals surface area contributed by atoms with Crippen LogP contribution >= 0.6 is 12.2 Å². The summed E-state index contributed by atoms with van der Waals surface area (Å²) in [6.07, 6.45) is 1.67. The van der Waals surface area contributed by atoms with Crippen LogP contribution < -0.4 is 0 Å². The molecule has 3 rings (SSSR count). The van der Waals surface area contributed by atoms with E-state index >= 15 is 0 Å². The zero-order valence-electron chi connectivity index (χ0n) is 13.7. The highest BCUT2D eigenvalue weighted by molar-refractivity contribution is 7.71. The first-order valence-corrected chi connectivity index (χ1v) is 8.29. The molecule has 0 fully saturated rings. The van der Waals surface area contributed by atoms with Crippen LogP contribution in [0.1, 0.15) is 18.9 Å². The van der Waals surface area contributed by atoms with E-state index in [2.05, 4.69) is 16.0 Å². The van der Waals surface area contributed by atoms with Crippen LogP contribution in [0.25, 0.3) is 22.3 Å². The molecule has 0 radical (unpaired) electrons. The lowest BCUT2D eigenvalue weighted by molar-refractivity contribution is -0.143. The van der Waals surface area contributed by atoms with Gasteiger partial charge in [0, 0.05) is 6.54 Å². The van der Waals surface area contributed by atoms with Crippen molar-refractivity contribution in [2.45, 2.75) is 19.9 Å². The molecule has 0 spiro atoms. The molecule has 2 heterocycles. The van der Waals surface area contributed by atoms with E-state index in [4.69, 9.17) is 17.0 Å². The van der Waals surface area contributed by atoms with Crippen LogP contribution in [0, 0.1) is 16.0 Å². The summed E-state index contributed by atoms with van der Waals surface area (Å²) in [5, 5.41) is 9.71. The molecular formula is C18H16N4O2S. The third-order valence-electron chi connectivity index (χ3n) is 3.86. The summed E-state index contributed by atoms with van der Waals surface area (Å²) >= 11 is 5.37. The van der Waals surface area contributed by atoms with Crippen molar-refractivity contribution in [3.63, 3.8) is 0 Å². The highest BCUT2D eigenvalue weighted by Crippen LogP contribution is 2.32. The van der Waals surface area contributed by atoms with Crippen molar-refractivity contribution >= 4 is 29.2 Å². The Labute approximate surface area is 149 Å². The molecule has 0 aliphatic heterocycles. The number of fused-ring (bicyclic) bond motifs is 1. The van der Waals surface area contributed by atoms with Gasteiger partial charge in [0.25, 0.3) is 0 Å². The predicted octanol–water partition coefficient (Wildman–Crippen LogP) is 3.59. The lowest BCUT2D eigenvalue weighted by Gasteiger charge is -2.11. The Bertz CT molecular complexity index is 1020. The first kappa shape index (κ1) is 16.9. The molecule has 0 saturated carbocycles. The average molecular weight is 352 g/mol. The van der Waals surface area contributed by atoms with Crippen molar-refractivity contribution in [1.82, 2.24) is 14.5 Å². The average Bonchev–Trinajstić information content (AvgIpc) is 2.95. The van der Waals surface area contributed by atoms with Gasteiger partial charge in [-0.15, -0.1) is 0 Å². The highest BCUT2D eigenvalue weighted by Gasteiger charge is 2.21. The van der Waals surface area contributed by atoms with Gasteiger partial charge < -0.3 is 14.3 Å². The van der Waals surface area contributed by atoms with Crippen LogP contribution in [-0.4, -0.2) is 27.1 Å². The summed E-state index contributed by atoms with van der Waals surface area (Å²) in [5.74, 6) is -0.291. The fraction of sp³-hybridized carbons (Fsp3) is 0.222. The lowest BCUT2D eigenvalue weighted by Crippen LogP contribution is -2.10. The minimum Gasteiger partial charge on any atom is -0.466 e. The first-order valence-electron chi connectivity index (χ1n) is 7.88. The number of H-pyrrole nitrogens is 1. The number of esters is 1. The minimum atomic E-state index is -0.291. The zero-order chi connectivity index (χ0) is 17.8. The van der Waals surface area contributed by atoms with E-state index in [1.807, 2.05) is 34.9 Å². The second kappa shape index (κ2) is 7.28. The topological polar surface area (TPSA) is 83.7 Å². The van der Waals surface area contributed by atoms with E-state index in [1.54, 1.807) is 6.92 Å². The molecule has 25 heavy (non-hydrogen) atoms. The number of hydrogen-bond acceptors (Lipinski definition) is 5. The Balaban J connectivity index is 2.23. The maximum Gasteiger partial charge on any atom is 0.307 e. The van der Waals surface area contributed by atoms with Gasteiger partial charge in [0.2, 0.25) is 0 Å². The number of carbonyl (C=O) groups excluding carboxylic acids is 1. The van der Waals surface area contributed by atoms with Crippen molar-refractivity contribution in [3.8, 4) is 17.3 Å². The molecular weight excluding hydrogens is 336 g/mol. The van der Waals surface area contributed by atoms with Crippen molar-refractivity contribution in [3.05, 3.63) is 46.9 Å². The van der Waals surface area contributed by atoms with E-state index in [1.165, 1.54) is 6.33 Å². The summed E-state index contributed by atoms with van der Waals surface area (Å²) in [4.78, 5) is 19.0. The van der Waals surface area contributed by atoms with Gasteiger partial charge in [-0.25, -0.2) is 4.98 Å². The van der Waals surface area contributed by atoms with Crippen LogP contribution in [-0.2, 0) is 16.1 Å². The minimum absolute atomic E-state index is 0.186. The predicted molar refractivity (Wildman–Crippen MR) is 96.3 cm³/mol. The summed E-state index contributed by atoms with van der Waals surface area (Å²) < 4.78 is 7.28. The lowest BCUT2D eigenvalue weighted by atomic mass is 10.1. The van der Waals surface area contributed by atoms with Crippen molar-refractivity contribution in [2.75, 3.05) is 6.61 Å². The maximum atomic E-state index is 11.8. The fourth-order valence-corrected chi connectivity index (χ4v) is 3.13. The number of nitrogens with one attached hydrogen (secondary N) is 1. The fourth-order valence-electron chi connectivity index (χ4n) is 2.86.